The van der Waals surface area contributed by atoms with E-state index in [0.29, 0.717) is 0 Å². The van der Waals surface area contributed by atoms with Gasteiger partial charge in [-0.25, -0.2) is 4.99 Å². The first-order valence-electron chi connectivity index (χ1n) is 19.5. The first kappa shape index (κ1) is 38.6. The number of aliphatic imine (C=N–C) groups is 1. The lowest BCUT2D eigenvalue weighted by Crippen LogP contribution is -2.06. The highest BCUT2D eigenvalue weighted by atomic mass is 32.2. The molecule has 1 saturated heterocycles. The topological polar surface area (TPSA) is 52.8 Å². The van der Waals surface area contributed by atoms with E-state index in [1.54, 1.807) is 24.3 Å². The Kier molecular flexibility index (Phi) is 11.9. The Morgan fingerprint density at radius 2 is 0.983 bits per heavy atom. The van der Waals surface area contributed by atoms with Crippen molar-refractivity contribution >= 4 is 45.9 Å². The van der Waals surface area contributed by atoms with Crippen LogP contribution in [0.2, 0.25) is 0 Å². The van der Waals surface area contributed by atoms with Crippen LogP contribution in [0, 0.1) is 0 Å². The fourth-order valence-corrected chi connectivity index (χ4v) is 9.50. The number of benzene rings is 7. The predicted octanol–water partition coefficient (Wildman–Crippen LogP) is 15.0. The van der Waals surface area contributed by atoms with Gasteiger partial charge in [0.25, 0.3) is 0 Å². The molecule has 284 valence electrons. The summed E-state index contributed by atoms with van der Waals surface area (Å²) >= 11 is 3.67. The first-order valence-corrected chi connectivity index (χ1v) is 21.4. The summed E-state index contributed by atoms with van der Waals surface area (Å²) < 4.78 is 0. The van der Waals surface area contributed by atoms with E-state index < -0.39 is 0 Å². The van der Waals surface area contributed by atoms with Gasteiger partial charge in [0.15, 0.2) is 0 Å². The van der Waals surface area contributed by atoms with Crippen LogP contribution < -0.4 is 0 Å². The van der Waals surface area contributed by atoms with E-state index in [4.69, 9.17) is 4.99 Å². The Bertz CT molecular complexity index is 2600. The highest BCUT2D eigenvalue weighted by Crippen LogP contribution is 2.46. The average Bonchev–Trinajstić information content (AvgIpc) is 3.27. The Labute approximate surface area is 349 Å². The average molecular weight is 790 g/mol. The van der Waals surface area contributed by atoms with Gasteiger partial charge in [-0.1, -0.05) is 133 Å². The Morgan fingerprint density at radius 3 is 1.48 bits per heavy atom. The maximum atomic E-state index is 10.1. The minimum absolute atomic E-state index is 0.241. The molecule has 2 N–H and O–H groups in total. The van der Waals surface area contributed by atoms with E-state index in [0.717, 1.165) is 99.5 Å². The lowest BCUT2D eigenvalue weighted by Gasteiger charge is -2.22. The molecule has 7 aromatic carbocycles. The van der Waals surface area contributed by atoms with Gasteiger partial charge in [-0.05, 0) is 130 Å². The second-order valence-corrected chi connectivity index (χ2v) is 16.2. The van der Waals surface area contributed by atoms with Gasteiger partial charge in [0, 0.05) is 27.5 Å². The minimum atomic E-state index is 0.241. The Morgan fingerprint density at radius 1 is 0.517 bits per heavy atom. The van der Waals surface area contributed by atoms with Crippen molar-refractivity contribution < 1.29 is 10.2 Å². The summed E-state index contributed by atoms with van der Waals surface area (Å²) in [5.74, 6) is 2.41. The maximum absolute atomic E-state index is 10.1. The summed E-state index contributed by atoms with van der Waals surface area (Å²) in [6.07, 6.45) is 8.75. The molecule has 0 amide bonds. The molecule has 0 bridgehead atoms. The van der Waals surface area contributed by atoms with Crippen LogP contribution in [0.5, 0.6) is 11.5 Å². The van der Waals surface area contributed by atoms with E-state index >= 15 is 0 Å². The molecule has 8 rings (SSSR count). The third-order valence-corrected chi connectivity index (χ3v) is 12.6. The highest BCUT2D eigenvalue weighted by molar-refractivity contribution is 8.20. The van der Waals surface area contributed by atoms with Crippen LogP contribution >= 0.6 is 23.5 Å². The molecule has 0 radical (unpaired) electrons. The zero-order valence-electron chi connectivity index (χ0n) is 32.5. The monoisotopic (exact) mass is 789 g/mol. The van der Waals surface area contributed by atoms with E-state index in [2.05, 4.69) is 140 Å². The smallest absolute Gasteiger partial charge is 0.115 e. The molecule has 0 unspecified atom stereocenters. The van der Waals surface area contributed by atoms with Gasteiger partial charge >= 0.3 is 0 Å². The van der Waals surface area contributed by atoms with Crippen molar-refractivity contribution in [2.45, 2.75) is 13.8 Å². The molecule has 5 heteroatoms. The maximum Gasteiger partial charge on any atom is 0.115 e. The van der Waals surface area contributed by atoms with Crippen LogP contribution in [0.1, 0.15) is 25.0 Å². The van der Waals surface area contributed by atoms with E-state index in [1.807, 2.05) is 60.8 Å². The number of allylic oxidation sites excluding steroid dienone is 4. The standard InChI is InChI=1S/C53H43NO2S2/c1-3-14-36(4-2)48-33-43(38-23-27-45(56)28-24-38)34-49(41-19-12-7-13-20-41)52(48)54-53-51(57-29-30-58-53)35-50-46(39-15-8-5-9-16-39)31-42(37-21-25-44(55)26-22-37)32-47(50)40-17-10-6-11-18-40/h3-28,31-35,55-56H,29-30H2,1-2H3/b14-3-,36-4+,51-35-,54-53?. The largest absolute Gasteiger partial charge is 0.508 e. The van der Waals surface area contributed by atoms with Crippen LogP contribution in [0.25, 0.3) is 67.3 Å². The van der Waals surface area contributed by atoms with E-state index in [-0.39, 0.29) is 11.5 Å². The van der Waals surface area contributed by atoms with Crippen molar-refractivity contribution in [1.29, 1.82) is 0 Å². The van der Waals surface area contributed by atoms with Gasteiger partial charge in [-0.15, -0.1) is 23.5 Å². The molecular formula is C53H43NO2S2. The molecule has 1 aliphatic rings. The van der Waals surface area contributed by atoms with Crippen LogP contribution in [0.15, 0.2) is 192 Å². The lowest BCUT2D eigenvalue weighted by atomic mass is 9.87. The Hall–Kier alpha value is -6.27. The van der Waals surface area contributed by atoms with Crippen molar-refractivity contribution in [3.05, 3.63) is 198 Å². The van der Waals surface area contributed by atoms with Crippen LogP contribution in [0.4, 0.5) is 5.69 Å². The third-order valence-electron chi connectivity index (χ3n) is 10.2. The highest BCUT2D eigenvalue weighted by Gasteiger charge is 2.22. The number of hydrogen-bond acceptors (Lipinski definition) is 5. The third kappa shape index (κ3) is 8.52. The summed E-state index contributed by atoms with van der Waals surface area (Å²) in [5.41, 5.74) is 15.0. The number of hydrogen-bond donors (Lipinski definition) is 2. The molecule has 0 aliphatic carbocycles. The molecule has 0 spiro atoms. The summed E-state index contributed by atoms with van der Waals surface area (Å²) in [6, 6.07) is 55.6. The van der Waals surface area contributed by atoms with Gasteiger partial charge in [0.1, 0.15) is 16.5 Å². The quantitative estimate of drug-likeness (QED) is 0.143. The number of nitrogens with zero attached hydrogens (tertiary/aromatic N) is 1. The predicted molar refractivity (Wildman–Crippen MR) is 252 cm³/mol. The zero-order valence-corrected chi connectivity index (χ0v) is 34.1. The van der Waals surface area contributed by atoms with Gasteiger partial charge in [-0.2, -0.15) is 0 Å². The van der Waals surface area contributed by atoms with Crippen molar-refractivity contribution in [1.82, 2.24) is 0 Å². The molecule has 0 aromatic heterocycles. The Balaban J connectivity index is 1.39. The van der Waals surface area contributed by atoms with Gasteiger partial charge < -0.3 is 10.2 Å². The molecule has 7 aromatic rings. The summed E-state index contributed by atoms with van der Waals surface area (Å²) in [6.45, 7) is 4.13. The fourth-order valence-electron chi connectivity index (χ4n) is 7.34. The number of aromatic hydroxyl groups is 2. The zero-order chi connectivity index (χ0) is 39.8. The van der Waals surface area contributed by atoms with Crippen LogP contribution in [-0.2, 0) is 0 Å². The summed E-state index contributed by atoms with van der Waals surface area (Å²) in [5, 5.41) is 21.3. The molecule has 0 atom stereocenters. The summed E-state index contributed by atoms with van der Waals surface area (Å²) in [7, 11) is 0. The van der Waals surface area contributed by atoms with Crippen LogP contribution in [0.3, 0.4) is 0 Å². The van der Waals surface area contributed by atoms with Gasteiger partial charge in [-0.3, -0.25) is 0 Å². The molecule has 58 heavy (non-hydrogen) atoms. The normalized spacial score (nSPS) is 14.7. The van der Waals surface area contributed by atoms with Crippen molar-refractivity contribution in [3.8, 4) is 67.1 Å². The number of thioether (sulfide) groups is 2. The molecule has 1 fully saturated rings. The van der Waals surface area contributed by atoms with E-state index in [1.165, 1.54) is 0 Å². The summed E-state index contributed by atoms with van der Waals surface area (Å²) in [4.78, 5) is 6.83. The SMILES string of the molecule is C/C=C\C(=C/C)c1cc(-c2ccc(O)cc2)cc(-c2ccccc2)c1N=C1SCCS/C1=C\c1c(-c2ccccc2)cc(-c2ccc(O)cc2)cc1-c1ccccc1. The van der Waals surface area contributed by atoms with Crippen molar-refractivity contribution in [3.63, 3.8) is 0 Å². The van der Waals surface area contributed by atoms with Gasteiger partial charge in [0.2, 0.25) is 0 Å². The lowest BCUT2D eigenvalue weighted by molar-refractivity contribution is 0.475. The molecule has 3 nitrogen and oxygen atoms in total. The number of phenols is 2. The van der Waals surface area contributed by atoms with Crippen molar-refractivity contribution in [2.24, 2.45) is 4.99 Å². The van der Waals surface area contributed by atoms with Crippen molar-refractivity contribution in [2.75, 3.05) is 11.5 Å². The molecule has 1 heterocycles. The molecular weight excluding hydrogens is 747 g/mol. The number of rotatable bonds is 9. The van der Waals surface area contributed by atoms with E-state index in [9.17, 15) is 10.2 Å². The molecule has 1 aliphatic heterocycles. The second kappa shape index (κ2) is 17.9. The van der Waals surface area contributed by atoms with Crippen LogP contribution in [-0.4, -0.2) is 26.8 Å². The second-order valence-electron chi connectivity index (χ2n) is 14.0. The molecule has 0 saturated carbocycles. The minimum Gasteiger partial charge on any atom is -0.508 e. The number of phenolic OH excluding ortho intramolecular Hbond substituents is 2. The fraction of sp³-hybridized carbons (Fsp3) is 0.0755. The first-order chi connectivity index (χ1) is 28.5. The van der Waals surface area contributed by atoms with Gasteiger partial charge in [0.05, 0.1) is 5.69 Å².